The Bertz CT molecular complexity index is 423. The topological polar surface area (TPSA) is 46.2 Å². The zero-order valence-corrected chi connectivity index (χ0v) is 10.4. The Kier molecular flexibility index (Phi) is 4.95. The van der Waals surface area contributed by atoms with E-state index < -0.39 is 22.5 Å². The Morgan fingerprint density at radius 3 is 2.88 bits per heavy atom. The molecule has 0 spiro atoms. The van der Waals surface area contributed by atoms with Crippen molar-refractivity contribution in [3.05, 3.63) is 29.6 Å². The quantitative estimate of drug-likeness (QED) is 0.801. The SMILES string of the molecule is CS(=O)CCNC(=O)c1cc(S)ccc1F. The fraction of sp³-hybridized carbons (Fsp3) is 0.300. The van der Waals surface area contributed by atoms with Crippen molar-refractivity contribution < 1.29 is 13.4 Å². The third kappa shape index (κ3) is 3.94. The molecule has 88 valence electrons. The van der Waals surface area contributed by atoms with Crippen molar-refractivity contribution in [1.29, 1.82) is 0 Å². The van der Waals surface area contributed by atoms with Crippen molar-refractivity contribution in [3.8, 4) is 0 Å². The molecule has 16 heavy (non-hydrogen) atoms. The van der Waals surface area contributed by atoms with Gasteiger partial charge in [-0.05, 0) is 18.2 Å². The number of rotatable bonds is 4. The highest BCUT2D eigenvalue weighted by atomic mass is 32.2. The molecule has 0 saturated carbocycles. The van der Waals surface area contributed by atoms with Gasteiger partial charge in [0, 0.05) is 34.2 Å². The second-order valence-electron chi connectivity index (χ2n) is 3.20. The largest absolute Gasteiger partial charge is 0.351 e. The van der Waals surface area contributed by atoms with Gasteiger partial charge < -0.3 is 5.32 Å². The summed E-state index contributed by atoms with van der Waals surface area (Å²) in [7, 11) is -0.972. The molecule has 0 aliphatic carbocycles. The summed E-state index contributed by atoms with van der Waals surface area (Å²) in [5.74, 6) is -0.750. The first-order valence-electron chi connectivity index (χ1n) is 4.57. The summed E-state index contributed by atoms with van der Waals surface area (Å²) in [6.45, 7) is 0.262. The lowest BCUT2D eigenvalue weighted by molar-refractivity contribution is 0.0952. The van der Waals surface area contributed by atoms with Gasteiger partial charge in [0.25, 0.3) is 5.91 Å². The molecular weight excluding hydrogens is 249 g/mol. The second kappa shape index (κ2) is 6.00. The molecule has 1 aromatic carbocycles. The molecular formula is C10H12FNO2S2. The summed E-state index contributed by atoms with van der Waals surface area (Å²) in [6, 6.07) is 4.02. The summed E-state index contributed by atoms with van der Waals surface area (Å²) in [5, 5.41) is 2.49. The van der Waals surface area contributed by atoms with E-state index in [0.717, 1.165) is 0 Å². The number of hydrogen-bond acceptors (Lipinski definition) is 3. The summed E-state index contributed by atoms with van der Waals surface area (Å²) < 4.78 is 24.0. The number of carbonyl (C=O) groups is 1. The van der Waals surface area contributed by atoms with Crippen LogP contribution in [0.2, 0.25) is 0 Å². The third-order valence-corrected chi connectivity index (χ3v) is 2.93. The predicted octanol–water partition coefficient (Wildman–Crippen LogP) is 1.22. The van der Waals surface area contributed by atoms with Gasteiger partial charge in [0.05, 0.1) is 5.56 Å². The minimum atomic E-state index is -0.972. The van der Waals surface area contributed by atoms with Crippen LogP contribution in [-0.2, 0) is 10.8 Å². The van der Waals surface area contributed by atoms with Crippen LogP contribution in [-0.4, -0.2) is 28.7 Å². The smallest absolute Gasteiger partial charge is 0.254 e. The fourth-order valence-electron chi connectivity index (χ4n) is 1.09. The molecule has 6 heteroatoms. The van der Waals surface area contributed by atoms with Crippen molar-refractivity contribution in [2.24, 2.45) is 0 Å². The number of thiol groups is 1. The summed E-state index contributed by atoms with van der Waals surface area (Å²) in [5.41, 5.74) is -0.0469. The summed E-state index contributed by atoms with van der Waals surface area (Å²) in [4.78, 5) is 12.0. The number of carbonyl (C=O) groups excluding carboxylic acids is 1. The molecule has 3 nitrogen and oxygen atoms in total. The third-order valence-electron chi connectivity index (χ3n) is 1.87. The van der Waals surface area contributed by atoms with Gasteiger partial charge in [0.2, 0.25) is 0 Å². The van der Waals surface area contributed by atoms with Crippen LogP contribution in [0.3, 0.4) is 0 Å². The number of halogens is 1. The lowest BCUT2D eigenvalue weighted by Gasteiger charge is -2.05. The Labute approximate surface area is 101 Å². The molecule has 0 fully saturated rings. The van der Waals surface area contributed by atoms with Crippen LogP contribution in [0.5, 0.6) is 0 Å². The van der Waals surface area contributed by atoms with E-state index in [0.29, 0.717) is 10.6 Å². The highest BCUT2D eigenvalue weighted by Gasteiger charge is 2.11. The molecule has 0 aliphatic rings. The normalized spacial score (nSPS) is 12.2. The van der Waals surface area contributed by atoms with Crippen molar-refractivity contribution in [1.82, 2.24) is 5.32 Å². The first-order valence-corrected chi connectivity index (χ1v) is 6.75. The maximum absolute atomic E-state index is 13.3. The fourth-order valence-corrected chi connectivity index (χ4v) is 1.68. The summed E-state index contributed by atoms with van der Waals surface area (Å²) in [6.07, 6.45) is 1.54. The molecule has 0 aromatic heterocycles. The maximum atomic E-state index is 13.3. The molecule has 0 saturated heterocycles. The van der Waals surface area contributed by atoms with Gasteiger partial charge in [-0.2, -0.15) is 0 Å². The van der Waals surface area contributed by atoms with Crippen LogP contribution in [0, 0.1) is 5.82 Å². The lowest BCUT2D eigenvalue weighted by atomic mass is 10.2. The van der Waals surface area contributed by atoms with E-state index in [1.54, 1.807) is 6.26 Å². The van der Waals surface area contributed by atoms with Gasteiger partial charge in [-0.3, -0.25) is 9.00 Å². The van der Waals surface area contributed by atoms with Gasteiger partial charge in [-0.25, -0.2) is 4.39 Å². The predicted molar refractivity (Wildman–Crippen MR) is 64.9 cm³/mol. The van der Waals surface area contributed by atoms with E-state index in [4.69, 9.17) is 0 Å². The Hall–Kier alpha value is -0.880. The van der Waals surface area contributed by atoms with Gasteiger partial charge >= 0.3 is 0 Å². The van der Waals surface area contributed by atoms with Crippen LogP contribution in [0.15, 0.2) is 23.1 Å². The molecule has 0 aliphatic heterocycles. The van der Waals surface area contributed by atoms with E-state index in [-0.39, 0.29) is 12.1 Å². The number of amides is 1. The molecule has 1 amide bonds. The number of benzene rings is 1. The highest BCUT2D eigenvalue weighted by Crippen LogP contribution is 2.13. The van der Waals surface area contributed by atoms with Crippen LogP contribution in [0.25, 0.3) is 0 Å². The Morgan fingerprint density at radius 1 is 1.56 bits per heavy atom. The molecule has 0 heterocycles. The zero-order chi connectivity index (χ0) is 12.1. The average Bonchev–Trinajstić information content (AvgIpc) is 2.21. The molecule has 1 N–H and O–H groups in total. The number of hydrogen-bond donors (Lipinski definition) is 2. The minimum absolute atomic E-state index is 0.0469. The van der Waals surface area contributed by atoms with Crippen LogP contribution >= 0.6 is 12.6 Å². The van der Waals surface area contributed by atoms with Crippen molar-refractivity contribution in [2.75, 3.05) is 18.6 Å². The standard InChI is InChI=1S/C10H12FNO2S2/c1-16(14)5-4-12-10(13)8-6-7(15)2-3-9(8)11/h2-3,6,15H,4-5H2,1H3,(H,12,13). The van der Waals surface area contributed by atoms with Gasteiger partial charge in [0.1, 0.15) is 5.82 Å². The average molecular weight is 261 g/mol. The van der Waals surface area contributed by atoms with E-state index in [2.05, 4.69) is 17.9 Å². The first kappa shape index (κ1) is 13.2. The summed E-state index contributed by atoms with van der Waals surface area (Å²) >= 11 is 4.02. The van der Waals surface area contributed by atoms with Gasteiger partial charge in [-0.1, -0.05) is 0 Å². The van der Waals surface area contributed by atoms with E-state index in [1.807, 2.05) is 0 Å². The van der Waals surface area contributed by atoms with E-state index >= 15 is 0 Å². The number of nitrogens with one attached hydrogen (secondary N) is 1. The Balaban J connectivity index is 2.65. The van der Waals surface area contributed by atoms with E-state index in [9.17, 15) is 13.4 Å². The molecule has 1 rings (SSSR count). The molecule has 1 atom stereocenters. The molecule has 1 unspecified atom stereocenters. The van der Waals surface area contributed by atoms with Crippen molar-refractivity contribution >= 4 is 29.3 Å². The lowest BCUT2D eigenvalue weighted by Crippen LogP contribution is -2.28. The van der Waals surface area contributed by atoms with Crippen molar-refractivity contribution in [3.63, 3.8) is 0 Å². The first-order chi connectivity index (χ1) is 7.50. The maximum Gasteiger partial charge on any atom is 0.254 e. The highest BCUT2D eigenvalue weighted by molar-refractivity contribution is 7.84. The zero-order valence-electron chi connectivity index (χ0n) is 8.70. The van der Waals surface area contributed by atoms with Gasteiger partial charge in [-0.15, -0.1) is 12.6 Å². The second-order valence-corrected chi connectivity index (χ2v) is 5.27. The Morgan fingerprint density at radius 2 is 2.25 bits per heavy atom. The minimum Gasteiger partial charge on any atom is -0.351 e. The monoisotopic (exact) mass is 261 g/mol. The van der Waals surface area contributed by atoms with E-state index in [1.165, 1.54) is 18.2 Å². The van der Waals surface area contributed by atoms with Gasteiger partial charge in [0.15, 0.2) is 0 Å². The molecule has 1 aromatic rings. The molecule has 0 radical (unpaired) electrons. The van der Waals surface area contributed by atoms with Crippen molar-refractivity contribution in [2.45, 2.75) is 4.90 Å². The molecule has 0 bridgehead atoms. The van der Waals surface area contributed by atoms with Crippen LogP contribution in [0.1, 0.15) is 10.4 Å². The van der Waals surface area contributed by atoms with Crippen LogP contribution < -0.4 is 5.32 Å². The van der Waals surface area contributed by atoms with Crippen LogP contribution in [0.4, 0.5) is 4.39 Å².